The van der Waals surface area contributed by atoms with Gasteiger partial charge in [-0.2, -0.15) is 5.26 Å². The topological polar surface area (TPSA) is 102 Å². The zero-order chi connectivity index (χ0) is 17.7. The minimum absolute atomic E-state index is 0.0509. The average molecular weight is 326 g/mol. The van der Waals surface area contributed by atoms with Gasteiger partial charge in [0.25, 0.3) is 0 Å². The third-order valence-electron chi connectivity index (χ3n) is 3.54. The van der Waals surface area contributed by atoms with Crippen LogP contribution in [-0.4, -0.2) is 25.2 Å². The summed E-state index contributed by atoms with van der Waals surface area (Å²) in [7, 11) is 0. The second kappa shape index (κ2) is 7.47. The Labute approximate surface area is 140 Å². The van der Waals surface area contributed by atoms with Crippen molar-refractivity contribution in [3.63, 3.8) is 0 Å². The molecule has 6 heteroatoms. The lowest BCUT2D eigenvalue weighted by Gasteiger charge is -2.03. The highest BCUT2D eigenvalue weighted by atomic mass is 16.5. The van der Waals surface area contributed by atoms with Crippen LogP contribution in [0, 0.1) is 11.3 Å². The molecule has 0 heterocycles. The van der Waals surface area contributed by atoms with Crippen molar-refractivity contribution in [2.24, 2.45) is 0 Å². The number of nitrogen functional groups attached to an aromatic ring is 1. The lowest BCUT2D eigenvalue weighted by atomic mass is 10.1. The molecular formula is C18H18N2O4. The number of fused-ring (bicyclic) bond motifs is 1. The molecule has 0 unspecified atom stereocenters. The second-order valence-electron chi connectivity index (χ2n) is 5.01. The molecule has 2 N–H and O–H groups in total. The largest absolute Gasteiger partial charge is 0.462 e. The maximum atomic E-state index is 12.3. The normalized spacial score (nSPS) is 10.2. The number of hydrogen-bond donors (Lipinski definition) is 1. The van der Waals surface area contributed by atoms with Gasteiger partial charge in [0.05, 0.1) is 42.5 Å². The molecule has 0 atom stereocenters. The quantitative estimate of drug-likeness (QED) is 0.848. The Balaban J connectivity index is 2.72. The maximum absolute atomic E-state index is 12.3. The van der Waals surface area contributed by atoms with E-state index in [9.17, 15) is 9.59 Å². The van der Waals surface area contributed by atoms with Crippen LogP contribution in [-0.2, 0) is 15.9 Å². The molecule has 0 aliphatic heterocycles. The molecule has 0 aromatic carbocycles. The minimum atomic E-state index is -0.594. The molecule has 0 aromatic heterocycles. The predicted molar refractivity (Wildman–Crippen MR) is 88.7 cm³/mol. The summed E-state index contributed by atoms with van der Waals surface area (Å²) >= 11 is 0. The van der Waals surface area contributed by atoms with E-state index in [-0.39, 0.29) is 36.4 Å². The van der Waals surface area contributed by atoms with Crippen LogP contribution in [0.4, 0.5) is 5.69 Å². The molecule has 0 amide bonds. The first-order chi connectivity index (χ1) is 11.5. The van der Waals surface area contributed by atoms with Gasteiger partial charge in [-0.1, -0.05) is 24.3 Å². The molecule has 0 radical (unpaired) electrons. The van der Waals surface area contributed by atoms with Crippen LogP contribution in [0.2, 0.25) is 0 Å². The molecule has 0 fully saturated rings. The zero-order valence-corrected chi connectivity index (χ0v) is 13.6. The molecule has 0 saturated heterocycles. The fraction of sp³-hybridized carbons (Fsp3) is 0.278. The Hall–Kier alpha value is -3.07. The van der Waals surface area contributed by atoms with Crippen LogP contribution in [0.1, 0.15) is 40.1 Å². The standard InChI is InChI=1S/C18H18N2O4/c1-3-23-17(21)14-12-7-5-11(9-10-19)6-8-13(12)15(16(14)20)18(22)24-4-2/h5-8H,3-4,9,20H2,1-2H3. The minimum Gasteiger partial charge on any atom is -0.462 e. The SMILES string of the molecule is CCOC(=O)c1c2ccc(CC#N)ccc-2c(C(=O)OCC)c1N. The lowest BCUT2D eigenvalue weighted by Crippen LogP contribution is -2.09. The van der Waals surface area contributed by atoms with Crippen molar-refractivity contribution in [1.82, 2.24) is 0 Å². The van der Waals surface area contributed by atoms with Gasteiger partial charge in [-0.05, 0) is 30.5 Å². The van der Waals surface area contributed by atoms with Crippen LogP contribution in [0.5, 0.6) is 0 Å². The van der Waals surface area contributed by atoms with E-state index in [1.54, 1.807) is 38.1 Å². The van der Waals surface area contributed by atoms with Crippen molar-refractivity contribution >= 4 is 17.6 Å². The smallest absolute Gasteiger partial charge is 0.340 e. The Morgan fingerprint density at radius 3 is 1.83 bits per heavy atom. The lowest BCUT2D eigenvalue weighted by molar-refractivity contribution is 0.0525. The molecule has 2 aliphatic rings. The molecule has 0 bridgehead atoms. The summed E-state index contributed by atoms with van der Waals surface area (Å²) in [5, 5.41) is 8.84. The first-order valence-electron chi connectivity index (χ1n) is 7.60. The number of nitrogens with two attached hydrogens (primary N) is 1. The van der Waals surface area contributed by atoms with E-state index in [0.717, 1.165) is 5.56 Å². The number of nitrogens with zero attached hydrogens (tertiary/aromatic N) is 1. The molecule has 6 nitrogen and oxygen atoms in total. The van der Waals surface area contributed by atoms with Gasteiger partial charge >= 0.3 is 11.9 Å². The fourth-order valence-corrected chi connectivity index (χ4v) is 2.52. The fourth-order valence-electron chi connectivity index (χ4n) is 2.52. The van der Waals surface area contributed by atoms with Crippen molar-refractivity contribution in [2.45, 2.75) is 20.3 Å². The van der Waals surface area contributed by atoms with E-state index in [2.05, 4.69) is 6.07 Å². The van der Waals surface area contributed by atoms with Crippen molar-refractivity contribution < 1.29 is 19.1 Å². The van der Waals surface area contributed by atoms with Crippen molar-refractivity contribution in [2.75, 3.05) is 18.9 Å². The van der Waals surface area contributed by atoms with Crippen LogP contribution in [0.15, 0.2) is 24.3 Å². The monoisotopic (exact) mass is 326 g/mol. The number of carbonyl (C=O) groups excluding carboxylic acids is 2. The first-order valence-corrected chi connectivity index (χ1v) is 7.60. The van der Waals surface area contributed by atoms with E-state index in [1.165, 1.54) is 0 Å². The molecule has 124 valence electrons. The summed E-state index contributed by atoms with van der Waals surface area (Å²) in [5.74, 6) is -1.19. The summed E-state index contributed by atoms with van der Waals surface area (Å²) in [4.78, 5) is 24.6. The Morgan fingerprint density at radius 1 is 1.00 bits per heavy atom. The van der Waals surface area contributed by atoms with Crippen molar-refractivity contribution in [3.8, 4) is 17.2 Å². The second-order valence-corrected chi connectivity index (χ2v) is 5.01. The Morgan fingerprint density at radius 2 is 1.46 bits per heavy atom. The van der Waals surface area contributed by atoms with E-state index >= 15 is 0 Å². The maximum Gasteiger partial charge on any atom is 0.340 e. The number of ether oxygens (including phenoxy) is 2. The van der Waals surface area contributed by atoms with Crippen LogP contribution in [0.3, 0.4) is 0 Å². The van der Waals surface area contributed by atoms with E-state index in [4.69, 9.17) is 20.5 Å². The first kappa shape index (κ1) is 17.3. The summed E-state index contributed by atoms with van der Waals surface area (Å²) in [5.41, 5.74) is 8.17. The molecule has 0 spiro atoms. The van der Waals surface area contributed by atoms with Gasteiger partial charge < -0.3 is 15.2 Å². The number of anilines is 1. The number of carbonyl (C=O) groups is 2. The highest BCUT2D eigenvalue weighted by Gasteiger charge is 2.30. The van der Waals surface area contributed by atoms with Crippen molar-refractivity contribution in [1.29, 1.82) is 5.26 Å². The van der Waals surface area contributed by atoms with Crippen LogP contribution >= 0.6 is 0 Å². The van der Waals surface area contributed by atoms with Gasteiger partial charge in [0, 0.05) is 0 Å². The van der Waals surface area contributed by atoms with E-state index < -0.39 is 11.9 Å². The average Bonchev–Trinajstić information content (AvgIpc) is 2.67. The number of rotatable bonds is 5. The van der Waals surface area contributed by atoms with Gasteiger partial charge in [-0.3, -0.25) is 0 Å². The number of nitriles is 1. The van der Waals surface area contributed by atoms with Crippen LogP contribution in [0.25, 0.3) is 11.1 Å². The van der Waals surface area contributed by atoms with Crippen LogP contribution < -0.4 is 5.73 Å². The van der Waals surface area contributed by atoms with Gasteiger partial charge in [-0.15, -0.1) is 0 Å². The molecule has 0 saturated carbocycles. The molecule has 24 heavy (non-hydrogen) atoms. The number of esters is 2. The van der Waals surface area contributed by atoms with Gasteiger partial charge in [0.2, 0.25) is 0 Å². The third kappa shape index (κ3) is 3.15. The summed E-state index contributed by atoms with van der Waals surface area (Å²) in [6.07, 6.45) is 0.218. The van der Waals surface area contributed by atoms with Gasteiger partial charge in [0.15, 0.2) is 0 Å². The molecule has 2 aliphatic carbocycles. The molecule has 0 aromatic rings. The highest BCUT2D eigenvalue weighted by molar-refractivity contribution is 6.15. The zero-order valence-electron chi connectivity index (χ0n) is 13.6. The Kier molecular flexibility index (Phi) is 5.38. The summed E-state index contributed by atoms with van der Waals surface area (Å²) < 4.78 is 10.1. The van der Waals surface area contributed by atoms with Crippen molar-refractivity contribution in [3.05, 3.63) is 41.0 Å². The third-order valence-corrected chi connectivity index (χ3v) is 3.54. The summed E-state index contributed by atoms with van der Waals surface area (Å²) in [6.45, 7) is 3.77. The Bertz CT molecular complexity index is 737. The molecule has 2 rings (SSSR count). The van der Waals surface area contributed by atoms with E-state index in [0.29, 0.717) is 11.1 Å². The highest BCUT2D eigenvalue weighted by Crippen LogP contribution is 2.39. The predicted octanol–water partition coefficient (Wildman–Crippen LogP) is 2.79. The van der Waals surface area contributed by atoms with Gasteiger partial charge in [-0.25, -0.2) is 9.59 Å². The summed E-state index contributed by atoms with van der Waals surface area (Å²) in [6, 6.07) is 8.86. The number of hydrogen-bond acceptors (Lipinski definition) is 6. The van der Waals surface area contributed by atoms with Gasteiger partial charge in [0.1, 0.15) is 0 Å². The van der Waals surface area contributed by atoms with E-state index in [1.807, 2.05) is 0 Å². The molecular weight excluding hydrogens is 308 g/mol.